The second-order valence-electron chi connectivity index (χ2n) is 5.32. The fourth-order valence-corrected chi connectivity index (χ4v) is 3.06. The van der Waals surface area contributed by atoms with E-state index in [0.29, 0.717) is 16.8 Å². The molecule has 7 nitrogen and oxygen atoms in total. The zero-order valence-electron chi connectivity index (χ0n) is 13.3. The van der Waals surface area contributed by atoms with Gasteiger partial charge in [0, 0.05) is 5.69 Å². The average Bonchev–Trinajstić information content (AvgIpc) is 2.95. The van der Waals surface area contributed by atoms with Crippen LogP contribution in [0.15, 0.2) is 41.8 Å². The van der Waals surface area contributed by atoms with Gasteiger partial charge in [0.2, 0.25) is 11.8 Å². The number of nitriles is 1. The lowest BCUT2D eigenvalue weighted by Crippen LogP contribution is -2.45. The standard InChI is InChI=1S/C17H16N4O3/c1-3-23-16(22)17(11-7-5-4-6-8-11)12(9-18)14(19)24-15-13(17)10(2)20-21-15/h4-8H,3,19H2,1-2H3,(H,20,21). The van der Waals surface area contributed by atoms with Crippen molar-refractivity contribution >= 4 is 5.97 Å². The van der Waals surface area contributed by atoms with Crippen molar-refractivity contribution in [3.05, 3.63) is 58.6 Å². The fraction of sp³-hybridized carbons (Fsp3) is 0.235. The number of fused-ring (bicyclic) bond motifs is 1. The summed E-state index contributed by atoms with van der Waals surface area (Å²) in [4.78, 5) is 13.1. The van der Waals surface area contributed by atoms with Gasteiger partial charge in [0.25, 0.3) is 0 Å². The molecule has 3 N–H and O–H groups in total. The van der Waals surface area contributed by atoms with Crippen LogP contribution >= 0.6 is 0 Å². The van der Waals surface area contributed by atoms with Crippen LogP contribution in [-0.2, 0) is 14.9 Å². The van der Waals surface area contributed by atoms with Crippen molar-refractivity contribution in [1.29, 1.82) is 5.26 Å². The second kappa shape index (κ2) is 5.74. The number of hydrogen-bond acceptors (Lipinski definition) is 6. The molecular formula is C17H16N4O3. The zero-order chi connectivity index (χ0) is 17.3. The lowest BCUT2D eigenvalue weighted by Gasteiger charge is -2.34. The molecule has 1 aromatic carbocycles. The number of hydrogen-bond donors (Lipinski definition) is 2. The van der Waals surface area contributed by atoms with E-state index in [9.17, 15) is 10.1 Å². The molecule has 0 radical (unpaired) electrons. The minimum absolute atomic E-state index is 0.0100. The number of nitrogens with two attached hydrogens (primary N) is 1. The minimum Gasteiger partial charge on any atom is -0.465 e. The molecule has 1 aliphatic rings. The molecule has 1 aliphatic heterocycles. The molecule has 24 heavy (non-hydrogen) atoms. The van der Waals surface area contributed by atoms with E-state index >= 15 is 0 Å². The van der Waals surface area contributed by atoms with Gasteiger partial charge in [0.15, 0.2) is 5.41 Å². The van der Waals surface area contributed by atoms with E-state index in [1.54, 1.807) is 38.1 Å². The molecule has 0 spiro atoms. The molecule has 0 aliphatic carbocycles. The maximum Gasteiger partial charge on any atom is 0.326 e. The Labute approximate surface area is 138 Å². The van der Waals surface area contributed by atoms with Crippen LogP contribution in [0.25, 0.3) is 0 Å². The van der Waals surface area contributed by atoms with Gasteiger partial charge in [-0.1, -0.05) is 30.3 Å². The highest BCUT2D eigenvalue weighted by Gasteiger charge is 2.55. The Morgan fingerprint density at radius 1 is 1.46 bits per heavy atom. The van der Waals surface area contributed by atoms with Crippen molar-refractivity contribution in [3.8, 4) is 11.9 Å². The van der Waals surface area contributed by atoms with E-state index < -0.39 is 11.4 Å². The van der Waals surface area contributed by atoms with Crippen molar-refractivity contribution < 1.29 is 14.3 Å². The third kappa shape index (κ3) is 1.97. The molecule has 0 amide bonds. The third-order valence-corrected chi connectivity index (χ3v) is 4.02. The average molecular weight is 324 g/mol. The number of nitrogens with zero attached hydrogens (tertiary/aromatic N) is 2. The van der Waals surface area contributed by atoms with Crippen LogP contribution in [0, 0.1) is 18.3 Å². The monoisotopic (exact) mass is 324 g/mol. The molecule has 2 aromatic rings. The molecular weight excluding hydrogens is 308 g/mol. The van der Waals surface area contributed by atoms with Crippen LogP contribution in [0.3, 0.4) is 0 Å². The van der Waals surface area contributed by atoms with Crippen LogP contribution < -0.4 is 10.5 Å². The lowest BCUT2D eigenvalue weighted by atomic mass is 9.68. The third-order valence-electron chi connectivity index (χ3n) is 4.02. The van der Waals surface area contributed by atoms with Gasteiger partial charge in [0.1, 0.15) is 11.6 Å². The van der Waals surface area contributed by atoms with Gasteiger partial charge < -0.3 is 15.2 Å². The van der Waals surface area contributed by atoms with Gasteiger partial charge in [-0.05, 0) is 19.4 Å². The van der Waals surface area contributed by atoms with E-state index in [1.165, 1.54) is 0 Å². The summed E-state index contributed by atoms with van der Waals surface area (Å²) in [6.45, 7) is 3.62. The SMILES string of the molecule is CCOC(=O)C1(c2ccccc2)C(C#N)=C(N)Oc2n[nH]c(C)c21. The first-order valence-corrected chi connectivity index (χ1v) is 7.43. The number of esters is 1. The Kier molecular flexibility index (Phi) is 3.73. The fourth-order valence-electron chi connectivity index (χ4n) is 3.06. The predicted octanol–water partition coefficient (Wildman–Crippen LogP) is 1.65. The molecule has 7 heteroatoms. The van der Waals surface area contributed by atoms with Crippen molar-refractivity contribution in [3.63, 3.8) is 0 Å². The summed E-state index contributed by atoms with van der Waals surface area (Å²) in [7, 11) is 0. The molecule has 122 valence electrons. The number of carbonyl (C=O) groups is 1. The Morgan fingerprint density at radius 3 is 2.79 bits per heavy atom. The number of aryl methyl sites for hydroxylation is 1. The topological polar surface area (TPSA) is 114 Å². The Morgan fingerprint density at radius 2 is 2.17 bits per heavy atom. The number of nitrogens with one attached hydrogen (secondary N) is 1. The van der Waals surface area contributed by atoms with Gasteiger partial charge in [-0.15, -0.1) is 5.10 Å². The molecule has 3 rings (SSSR count). The van der Waals surface area contributed by atoms with E-state index in [0.717, 1.165) is 0 Å². The first-order valence-electron chi connectivity index (χ1n) is 7.43. The number of rotatable bonds is 3. The smallest absolute Gasteiger partial charge is 0.326 e. The van der Waals surface area contributed by atoms with E-state index in [4.69, 9.17) is 15.2 Å². The van der Waals surface area contributed by atoms with Crippen molar-refractivity contribution in [2.24, 2.45) is 5.73 Å². The molecule has 1 unspecified atom stereocenters. The van der Waals surface area contributed by atoms with Crippen LogP contribution in [0.5, 0.6) is 5.88 Å². The first-order chi connectivity index (χ1) is 11.6. The van der Waals surface area contributed by atoms with E-state index in [-0.39, 0.29) is 23.9 Å². The van der Waals surface area contributed by atoms with Gasteiger partial charge in [-0.3, -0.25) is 9.89 Å². The highest BCUT2D eigenvalue weighted by molar-refractivity contribution is 5.95. The Balaban J connectivity index is 2.44. The van der Waals surface area contributed by atoms with Crippen LogP contribution in [-0.4, -0.2) is 22.8 Å². The molecule has 0 fully saturated rings. The van der Waals surface area contributed by atoms with E-state index in [2.05, 4.69) is 10.2 Å². The summed E-state index contributed by atoms with van der Waals surface area (Å²) in [6.07, 6.45) is 0. The van der Waals surface area contributed by atoms with E-state index in [1.807, 2.05) is 12.1 Å². The lowest BCUT2D eigenvalue weighted by molar-refractivity contribution is -0.147. The predicted molar refractivity (Wildman–Crippen MR) is 84.6 cm³/mol. The summed E-state index contributed by atoms with van der Waals surface area (Å²) in [5.41, 5.74) is 6.02. The normalized spacial score (nSPS) is 19.2. The number of H-pyrrole nitrogens is 1. The summed E-state index contributed by atoms with van der Waals surface area (Å²) in [5.74, 6) is -0.584. The molecule has 0 saturated heterocycles. The summed E-state index contributed by atoms with van der Waals surface area (Å²) in [6, 6.07) is 10.9. The number of carbonyl (C=O) groups excluding carboxylic acids is 1. The maximum absolute atomic E-state index is 13.1. The van der Waals surface area contributed by atoms with Gasteiger partial charge in [0.05, 0.1) is 12.2 Å². The van der Waals surface area contributed by atoms with Gasteiger partial charge in [-0.2, -0.15) is 5.26 Å². The largest absolute Gasteiger partial charge is 0.465 e. The van der Waals surface area contributed by atoms with Crippen molar-refractivity contribution in [2.45, 2.75) is 19.3 Å². The van der Waals surface area contributed by atoms with Crippen LogP contribution in [0.2, 0.25) is 0 Å². The zero-order valence-corrected chi connectivity index (χ0v) is 13.3. The molecule has 2 heterocycles. The number of aromatic nitrogens is 2. The quantitative estimate of drug-likeness (QED) is 0.830. The number of benzene rings is 1. The highest BCUT2D eigenvalue weighted by atomic mass is 16.5. The maximum atomic E-state index is 13.1. The Hall–Kier alpha value is -3.27. The van der Waals surface area contributed by atoms with Gasteiger partial charge >= 0.3 is 5.97 Å². The molecule has 1 aromatic heterocycles. The second-order valence-corrected chi connectivity index (χ2v) is 5.32. The van der Waals surface area contributed by atoms with Gasteiger partial charge in [-0.25, -0.2) is 0 Å². The summed E-state index contributed by atoms with van der Waals surface area (Å²) < 4.78 is 10.8. The molecule has 1 atom stereocenters. The Bertz CT molecular complexity index is 864. The molecule has 0 saturated carbocycles. The number of aromatic amines is 1. The summed E-state index contributed by atoms with van der Waals surface area (Å²) in [5, 5.41) is 16.6. The minimum atomic E-state index is -1.51. The van der Waals surface area contributed by atoms with Crippen molar-refractivity contribution in [1.82, 2.24) is 10.2 Å². The summed E-state index contributed by atoms with van der Waals surface area (Å²) >= 11 is 0. The first kappa shape index (κ1) is 15.6. The molecule has 0 bridgehead atoms. The van der Waals surface area contributed by atoms with Crippen molar-refractivity contribution in [2.75, 3.05) is 6.61 Å². The number of ether oxygens (including phenoxy) is 2. The van der Waals surface area contributed by atoms with Crippen LogP contribution in [0.4, 0.5) is 0 Å². The van der Waals surface area contributed by atoms with Crippen LogP contribution in [0.1, 0.15) is 23.7 Å². The highest BCUT2D eigenvalue weighted by Crippen LogP contribution is 2.48.